The molecule has 1 saturated heterocycles. The molecule has 9 nitrogen and oxygen atoms in total. The summed E-state index contributed by atoms with van der Waals surface area (Å²) in [4.78, 5) is 19.8. The molecule has 1 fully saturated rings. The topological polar surface area (TPSA) is 104 Å². The lowest BCUT2D eigenvalue weighted by atomic mass is 9.96. The van der Waals surface area contributed by atoms with Crippen molar-refractivity contribution in [3.05, 3.63) is 78.2 Å². The summed E-state index contributed by atoms with van der Waals surface area (Å²) >= 11 is 0. The number of aryl methyl sites for hydroxylation is 2. The average molecular weight is 519 g/mol. The van der Waals surface area contributed by atoms with Crippen molar-refractivity contribution in [1.82, 2.24) is 29.9 Å². The van der Waals surface area contributed by atoms with Crippen LogP contribution in [0.1, 0.15) is 28.8 Å². The molecule has 2 aliphatic rings. The van der Waals surface area contributed by atoms with Gasteiger partial charge in [-0.15, -0.1) is 0 Å². The van der Waals surface area contributed by atoms with E-state index in [1.807, 2.05) is 42.7 Å². The molecular weight excluding hydrogens is 488 g/mol. The highest BCUT2D eigenvalue weighted by Gasteiger charge is 2.28. The molecule has 0 bridgehead atoms. The van der Waals surface area contributed by atoms with Gasteiger partial charge in [-0.3, -0.25) is 14.6 Å². The van der Waals surface area contributed by atoms with Gasteiger partial charge in [-0.05, 0) is 66.3 Å². The maximum atomic E-state index is 13.3. The van der Waals surface area contributed by atoms with Gasteiger partial charge in [-0.2, -0.15) is 10.2 Å². The molecule has 0 unspecified atom stereocenters. The molecule has 2 aliphatic heterocycles. The average Bonchev–Trinajstić information content (AvgIpc) is 3.73. The number of H-pyrrole nitrogens is 1. The maximum Gasteiger partial charge on any atom is 0.253 e. The number of aromatic nitrogens is 5. The van der Waals surface area contributed by atoms with E-state index in [4.69, 9.17) is 0 Å². The fraction of sp³-hybridized carbons (Fsp3) is 0.267. The number of carbonyl (C=O) groups excluding carboxylic acids is 1. The van der Waals surface area contributed by atoms with Gasteiger partial charge in [0.25, 0.3) is 5.91 Å². The minimum absolute atomic E-state index is 0.0629. The van der Waals surface area contributed by atoms with E-state index in [1.54, 1.807) is 4.68 Å². The number of anilines is 2. The Bertz CT molecular complexity index is 1670. The number of amides is 1. The van der Waals surface area contributed by atoms with E-state index >= 15 is 0 Å². The molecule has 7 rings (SSSR count). The van der Waals surface area contributed by atoms with Crippen LogP contribution in [-0.2, 0) is 13.5 Å². The Balaban J connectivity index is 1.03. The number of hydrogen-bond acceptors (Lipinski definition) is 6. The highest BCUT2D eigenvalue weighted by molar-refractivity contribution is 5.95. The lowest BCUT2D eigenvalue weighted by Crippen LogP contribution is -2.31. The second-order valence-corrected chi connectivity index (χ2v) is 10.5. The van der Waals surface area contributed by atoms with Crippen LogP contribution in [0.5, 0.6) is 0 Å². The van der Waals surface area contributed by atoms with Crippen molar-refractivity contribution in [2.24, 2.45) is 7.05 Å². The quantitative estimate of drug-likeness (QED) is 0.311. The number of rotatable bonds is 5. The van der Waals surface area contributed by atoms with E-state index < -0.39 is 0 Å². The number of hydrogen-bond donors (Lipinski definition) is 3. The third-order valence-corrected chi connectivity index (χ3v) is 7.78. The summed E-state index contributed by atoms with van der Waals surface area (Å²) < 4.78 is 1.78. The van der Waals surface area contributed by atoms with E-state index in [0.29, 0.717) is 13.1 Å². The predicted octanol–water partition coefficient (Wildman–Crippen LogP) is 4.71. The van der Waals surface area contributed by atoms with Crippen LogP contribution in [0.4, 0.5) is 11.5 Å². The highest BCUT2D eigenvalue weighted by atomic mass is 16.2. The Kier molecular flexibility index (Phi) is 5.76. The van der Waals surface area contributed by atoms with E-state index in [9.17, 15) is 4.79 Å². The number of fused-ring (bicyclic) bond motifs is 2. The Morgan fingerprint density at radius 1 is 1.03 bits per heavy atom. The van der Waals surface area contributed by atoms with Crippen LogP contribution < -0.4 is 10.6 Å². The molecule has 0 spiro atoms. The zero-order valence-electron chi connectivity index (χ0n) is 21.8. The second-order valence-electron chi connectivity index (χ2n) is 10.5. The number of nitrogens with zero attached hydrogens (tertiary/aromatic N) is 5. The Morgan fingerprint density at radius 2 is 1.90 bits per heavy atom. The number of carbonyl (C=O) groups is 1. The Morgan fingerprint density at radius 3 is 2.74 bits per heavy atom. The first-order chi connectivity index (χ1) is 19.1. The van der Waals surface area contributed by atoms with Crippen molar-refractivity contribution in [2.45, 2.75) is 25.3 Å². The number of pyridine rings is 1. The van der Waals surface area contributed by atoms with Crippen LogP contribution in [0.2, 0.25) is 0 Å². The molecule has 0 aliphatic carbocycles. The van der Waals surface area contributed by atoms with Gasteiger partial charge in [0.05, 0.1) is 11.6 Å². The minimum atomic E-state index is 0.0629. The molecule has 196 valence electrons. The molecule has 0 radical (unpaired) electrons. The second kappa shape index (κ2) is 9.58. The first-order valence-corrected chi connectivity index (χ1v) is 13.5. The first kappa shape index (κ1) is 23.5. The van der Waals surface area contributed by atoms with Crippen molar-refractivity contribution in [1.29, 1.82) is 0 Å². The van der Waals surface area contributed by atoms with Gasteiger partial charge in [-0.1, -0.05) is 18.2 Å². The van der Waals surface area contributed by atoms with E-state index in [0.717, 1.165) is 64.9 Å². The molecule has 2 aromatic carbocycles. The predicted molar refractivity (Wildman–Crippen MR) is 153 cm³/mol. The van der Waals surface area contributed by atoms with Gasteiger partial charge >= 0.3 is 0 Å². The van der Waals surface area contributed by atoms with Crippen molar-refractivity contribution >= 4 is 28.4 Å². The maximum absolute atomic E-state index is 13.3. The molecule has 9 heteroatoms. The van der Waals surface area contributed by atoms with Gasteiger partial charge < -0.3 is 15.5 Å². The summed E-state index contributed by atoms with van der Waals surface area (Å²) in [6.45, 7) is 2.37. The third-order valence-electron chi connectivity index (χ3n) is 7.78. The van der Waals surface area contributed by atoms with Crippen molar-refractivity contribution in [2.75, 3.05) is 30.3 Å². The van der Waals surface area contributed by atoms with E-state index in [1.165, 1.54) is 16.8 Å². The summed E-state index contributed by atoms with van der Waals surface area (Å²) in [7, 11) is 1.90. The Labute approximate surface area is 226 Å². The molecule has 5 aromatic rings. The summed E-state index contributed by atoms with van der Waals surface area (Å²) in [6.07, 6.45) is 8.74. The van der Waals surface area contributed by atoms with Gasteiger partial charge in [0, 0.05) is 67.5 Å². The molecule has 1 atom stereocenters. The highest BCUT2D eigenvalue weighted by Crippen LogP contribution is 2.30. The largest absolute Gasteiger partial charge is 0.385 e. The minimum Gasteiger partial charge on any atom is -0.385 e. The van der Waals surface area contributed by atoms with Crippen LogP contribution in [0, 0.1) is 0 Å². The third kappa shape index (κ3) is 4.50. The van der Waals surface area contributed by atoms with Crippen molar-refractivity contribution < 1.29 is 4.79 Å². The number of nitrogens with one attached hydrogen (secondary N) is 3. The number of likely N-dealkylation sites (tertiary alicyclic amines) is 1. The van der Waals surface area contributed by atoms with E-state index in [-0.39, 0.29) is 11.9 Å². The van der Waals surface area contributed by atoms with E-state index in [2.05, 4.69) is 67.3 Å². The normalized spacial score (nSPS) is 16.7. The van der Waals surface area contributed by atoms with Crippen molar-refractivity contribution in [3.63, 3.8) is 0 Å². The fourth-order valence-electron chi connectivity index (χ4n) is 5.64. The molecule has 3 aromatic heterocycles. The molecular formula is C30H30N8O. The van der Waals surface area contributed by atoms with Crippen LogP contribution in [-0.4, -0.2) is 61.4 Å². The summed E-state index contributed by atoms with van der Waals surface area (Å²) in [5.74, 6) is 0.819. The van der Waals surface area contributed by atoms with Gasteiger partial charge in [0.1, 0.15) is 0 Å². The van der Waals surface area contributed by atoms with Crippen LogP contribution >= 0.6 is 0 Å². The number of aromatic amines is 1. The molecule has 39 heavy (non-hydrogen) atoms. The SMILES string of the molecule is Cn1cc(-c2cnc3[nH]nc(N[C@@H]4CCN(C(=O)c5ccc(-c6ccc7c(c6)CCCN7)cc5)C4)c3c2)cn1. The van der Waals surface area contributed by atoms with Gasteiger partial charge in [-0.25, -0.2) is 4.98 Å². The smallest absolute Gasteiger partial charge is 0.253 e. The molecule has 5 heterocycles. The zero-order chi connectivity index (χ0) is 26.3. The van der Waals surface area contributed by atoms with Crippen molar-refractivity contribution in [3.8, 4) is 22.3 Å². The van der Waals surface area contributed by atoms with Crippen LogP contribution in [0.15, 0.2) is 67.1 Å². The molecule has 1 amide bonds. The molecule has 0 saturated carbocycles. The summed E-state index contributed by atoms with van der Waals surface area (Å²) in [6, 6.07) is 16.8. The van der Waals surface area contributed by atoms with Gasteiger partial charge in [0.15, 0.2) is 11.5 Å². The lowest BCUT2D eigenvalue weighted by Gasteiger charge is -2.19. The standard InChI is InChI=1S/C30H30N8O/c1-37-17-24(16-33-37)23-14-26-28(32-15-23)35-36-29(26)34-25-10-12-38(18-25)30(39)20-6-4-19(5-7-20)21-8-9-27-22(13-21)3-2-11-31-27/h4-9,13-17,25,31H,2-3,10-12,18H2,1H3,(H2,32,34,35,36)/t25-/m1/s1. The van der Waals surface area contributed by atoms with Crippen LogP contribution in [0.3, 0.4) is 0 Å². The number of benzene rings is 2. The molecule has 3 N–H and O–H groups in total. The fourth-order valence-corrected chi connectivity index (χ4v) is 5.64. The first-order valence-electron chi connectivity index (χ1n) is 13.5. The monoisotopic (exact) mass is 518 g/mol. The summed E-state index contributed by atoms with van der Waals surface area (Å²) in [5, 5.41) is 19.7. The zero-order valence-corrected chi connectivity index (χ0v) is 21.8. The van der Waals surface area contributed by atoms with Crippen LogP contribution in [0.25, 0.3) is 33.3 Å². The van der Waals surface area contributed by atoms with Gasteiger partial charge in [0.2, 0.25) is 0 Å². The summed E-state index contributed by atoms with van der Waals surface area (Å²) in [5.41, 5.74) is 8.36. The Hall–Kier alpha value is -4.66. The lowest BCUT2D eigenvalue weighted by molar-refractivity contribution is 0.0791.